The van der Waals surface area contributed by atoms with Gasteiger partial charge in [-0.1, -0.05) is 11.2 Å². The molecule has 6 heteroatoms. The molecule has 0 aliphatic rings. The van der Waals surface area contributed by atoms with E-state index >= 15 is 0 Å². The summed E-state index contributed by atoms with van der Waals surface area (Å²) in [5, 5.41) is 12.1. The van der Waals surface area contributed by atoms with Crippen LogP contribution in [-0.4, -0.2) is 25.2 Å². The molecule has 110 valence electrons. The first-order valence-corrected chi connectivity index (χ1v) is 7.02. The van der Waals surface area contributed by atoms with Gasteiger partial charge in [-0.3, -0.25) is 0 Å². The SMILES string of the molecule is COc1ccc(N(C)c2cccc(Br)c2/C(N)=N/O)cc1. The maximum atomic E-state index is 8.96. The van der Waals surface area contributed by atoms with Crippen molar-refractivity contribution >= 4 is 33.1 Å². The van der Waals surface area contributed by atoms with Crippen molar-refractivity contribution in [3.05, 3.63) is 52.5 Å². The molecule has 0 bridgehead atoms. The van der Waals surface area contributed by atoms with Crippen LogP contribution >= 0.6 is 15.9 Å². The standard InChI is InChI=1S/C15H16BrN3O2/c1-19(10-6-8-11(21-2)9-7-10)13-5-3-4-12(16)14(13)15(17)18-20/h3-9,20H,1-2H3,(H2,17,18). The normalized spacial score (nSPS) is 11.3. The molecule has 3 N–H and O–H groups in total. The Morgan fingerprint density at radius 2 is 1.90 bits per heavy atom. The monoisotopic (exact) mass is 349 g/mol. The second-order valence-electron chi connectivity index (χ2n) is 4.38. The van der Waals surface area contributed by atoms with E-state index in [9.17, 15) is 0 Å². The molecule has 21 heavy (non-hydrogen) atoms. The van der Waals surface area contributed by atoms with E-state index in [4.69, 9.17) is 15.7 Å². The second kappa shape index (κ2) is 6.49. The van der Waals surface area contributed by atoms with Gasteiger partial charge in [-0.25, -0.2) is 0 Å². The van der Waals surface area contributed by atoms with Crippen LogP contribution in [0.3, 0.4) is 0 Å². The average molecular weight is 350 g/mol. The molecule has 0 atom stereocenters. The van der Waals surface area contributed by atoms with Crippen LogP contribution in [0.4, 0.5) is 11.4 Å². The summed E-state index contributed by atoms with van der Waals surface area (Å²) in [5.74, 6) is 0.843. The number of nitrogens with two attached hydrogens (primary N) is 1. The van der Waals surface area contributed by atoms with Gasteiger partial charge in [0, 0.05) is 17.2 Å². The van der Waals surface area contributed by atoms with Gasteiger partial charge in [0.1, 0.15) is 5.75 Å². The molecular formula is C15H16BrN3O2. The van der Waals surface area contributed by atoms with Crippen LogP contribution in [0.1, 0.15) is 5.56 Å². The third-order valence-electron chi connectivity index (χ3n) is 3.18. The summed E-state index contributed by atoms with van der Waals surface area (Å²) in [6, 6.07) is 13.3. The van der Waals surface area contributed by atoms with E-state index in [2.05, 4.69) is 21.1 Å². The maximum absolute atomic E-state index is 8.96. The highest BCUT2D eigenvalue weighted by Crippen LogP contribution is 2.32. The molecule has 2 aromatic carbocycles. The summed E-state index contributed by atoms with van der Waals surface area (Å²) in [7, 11) is 3.54. The molecular weight excluding hydrogens is 334 g/mol. The van der Waals surface area contributed by atoms with Crippen molar-refractivity contribution in [1.29, 1.82) is 0 Å². The molecule has 0 radical (unpaired) electrons. The van der Waals surface area contributed by atoms with E-state index in [0.29, 0.717) is 5.56 Å². The summed E-state index contributed by atoms with van der Waals surface area (Å²) in [4.78, 5) is 1.96. The predicted molar refractivity (Wildman–Crippen MR) is 87.7 cm³/mol. The largest absolute Gasteiger partial charge is 0.497 e. The topological polar surface area (TPSA) is 71.1 Å². The van der Waals surface area contributed by atoms with E-state index in [1.165, 1.54) is 0 Å². The molecule has 0 saturated carbocycles. The lowest BCUT2D eigenvalue weighted by molar-refractivity contribution is 0.318. The lowest BCUT2D eigenvalue weighted by atomic mass is 10.1. The molecule has 2 rings (SSSR count). The van der Waals surface area contributed by atoms with E-state index in [1.807, 2.05) is 54.4 Å². The number of nitrogens with zero attached hydrogens (tertiary/aromatic N) is 2. The number of benzene rings is 2. The highest BCUT2D eigenvalue weighted by molar-refractivity contribution is 9.10. The van der Waals surface area contributed by atoms with Gasteiger partial charge in [0.15, 0.2) is 5.84 Å². The lowest BCUT2D eigenvalue weighted by Gasteiger charge is -2.23. The van der Waals surface area contributed by atoms with Gasteiger partial charge in [0.2, 0.25) is 0 Å². The van der Waals surface area contributed by atoms with E-state index < -0.39 is 0 Å². The van der Waals surface area contributed by atoms with Crippen LogP contribution in [-0.2, 0) is 0 Å². The zero-order chi connectivity index (χ0) is 15.4. The first kappa shape index (κ1) is 15.2. The summed E-state index contributed by atoms with van der Waals surface area (Å²) in [6.45, 7) is 0. The third kappa shape index (κ3) is 3.11. The number of methoxy groups -OCH3 is 1. The van der Waals surface area contributed by atoms with E-state index in [1.54, 1.807) is 7.11 Å². The Morgan fingerprint density at radius 1 is 1.24 bits per heavy atom. The summed E-state index contributed by atoms with van der Waals surface area (Å²) >= 11 is 3.43. The minimum Gasteiger partial charge on any atom is -0.497 e. The lowest BCUT2D eigenvalue weighted by Crippen LogP contribution is -2.20. The molecule has 0 aromatic heterocycles. The number of amidine groups is 1. The van der Waals surface area contributed by atoms with Gasteiger partial charge in [-0.15, -0.1) is 0 Å². The minimum absolute atomic E-state index is 0.0536. The minimum atomic E-state index is 0.0536. The van der Waals surface area contributed by atoms with Crippen molar-refractivity contribution in [1.82, 2.24) is 0 Å². The Balaban J connectivity index is 2.47. The smallest absolute Gasteiger partial charge is 0.173 e. The van der Waals surface area contributed by atoms with Crippen molar-refractivity contribution in [3.63, 3.8) is 0 Å². The quantitative estimate of drug-likeness (QED) is 0.384. The van der Waals surface area contributed by atoms with Crippen molar-refractivity contribution in [2.45, 2.75) is 0 Å². The van der Waals surface area contributed by atoms with Crippen LogP contribution in [0.25, 0.3) is 0 Å². The molecule has 5 nitrogen and oxygen atoms in total. The Bertz CT molecular complexity index is 656. The number of ether oxygens (including phenoxy) is 1. The van der Waals surface area contributed by atoms with Gasteiger partial charge in [-0.05, 0) is 52.3 Å². The molecule has 0 saturated heterocycles. The number of halogens is 1. The van der Waals surface area contributed by atoms with Crippen LogP contribution in [0.15, 0.2) is 52.1 Å². The van der Waals surface area contributed by atoms with Crippen molar-refractivity contribution in [2.75, 3.05) is 19.1 Å². The van der Waals surface area contributed by atoms with Crippen LogP contribution < -0.4 is 15.4 Å². The van der Waals surface area contributed by atoms with E-state index in [-0.39, 0.29) is 5.84 Å². The van der Waals surface area contributed by atoms with Crippen molar-refractivity contribution < 1.29 is 9.94 Å². The number of anilines is 2. The molecule has 0 fully saturated rings. The fourth-order valence-electron chi connectivity index (χ4n) is 2.04. The first-order valence-electron chi connectivity index (χ1n) is 6.22. The number of oxime groups is 1. The van der Waals surface area contributed by atoms with Gasteiger partial charge in [-0.2, -0.15) is 0 Å². The highest BCUT2D eigenvalue weighted by Gasteiger charge is 2.15. The highest BCUT2D eigenvalue weighted by atomic mass is 79.9. The molecule has 0 unspecified atom stereocenters. The summed E-state index contributed by atoms with van der Waals surface area (Å²) in [5.41, 5.74) is 8.20. The predicted octanol–water partition coefficient (Wildman–Crippen LogP) is 3.32. The fraction of sp³-hybridized carbons (Fsp3) is 0.133. The Morgan fingerprint density at radius 3 is 2.48 bits per heavy atom. The Hall–Kier alpha value is -2.21. The summed E-state index contributed by atoms with van der Waals surface area (Å²) in [6.07, 6.45) is 0. The van der Waals surface area contributed by atoms with Gasteiger partial charge < -0.3 is 20.6 Å². The third-order valence-corrected chi connectivity index (χ3v) is 3.84. The zero-order valence-electron chi connectivity index (χ0n) is 11.7. The van der Waals surface area contributed by atoms with Crippen LogP contribution in [0, 0.1) is 0 Å². The van der Waals surface area contributed by atoms with Crippen LogP contribution in [0.5, 0.6) is 5.75 Å². The molecule has 2 aromatic rings. The first-order chi connectivity index (χ1) is 10.1. The molecule has 0 amide bonds. The summed E-state index contributed by atoms with van der Waals surface area (Å²) < 4.78 is 5.91. The molecule has 0 aliphatic carbocycles. The Labute approximate surface area is 131 Å². The molecule has 0 spiro atoms. The van der Waals surface area contributed by atoms with Crippen molar-refractivity contribution in [2.24, 2.45) is 10.9 Å². The number of hydrogen-bond acceptors (Lipinski definition) is 4. The zero-order valence-corrected chi connectivity index (χ0v) is 13.3. The van der Waals surface area contributed by atoms with Crippen molar-refractivity contribution in [3.8, 4) is 5.75 Å². The van der Waals surface area contributed by atoms with Gasteiger partial charge in [0.05, 0.1) is 18.4 Å². The fourth-order valence-corrected chi connectivity index (χ4v) is 2.60. The number of rotatable bonds is 4. The average Bonchev–Trinajstić information content (AvgIpc) is 2.53. The van der Waals surface area contributed by atoms with Gasteiger partial charge >= 0.3 is 0 Å². The van der Waals surface area contributed by atoms with E-state index in [0.717, 1.165) is 21.6 Å². The number of hydrogen-bond donors (Lipinski definition) is 2. The van der Waals surface area contributed by atoms with Gasteiger partial charge in [0.25, 0.3) is 0 Å². The maximum Gasteiger partial charge on any atom is 0.173 e. The Kier molecular flexibility index (Phi) is 4.70. The second-order valence-corrected chi connectivity index (χ2v) is 5.23. The molecule has 0 aliphatic heterocycles. The van der Waals surface area contributed by atoms with Crippen LogP contribution in [0.2, 0.25) is 0 Å². The molecule has 0 heterocycles.